The number of hydrogen-bond donors (Lipinski definition) is 0. The third-order valence-electron chi connectivity index (χ3n) is 7.28. The molecule has 0 N–H and O–H groups in total. The molecular formula is C35H26BrN3O5S2. The third-order valence-corrected chi connectivity index (χ3v) is 9.87. The molecule has 5 aromatic rings. The van der Waals surface area contributed by atoms with Crippen LogP contribution in [0.4, 0.5) is 0 Å². The summed E-state index contributed by atoms with van der Waals surface area (Å²) in [5.74, 6) is 0.423. The summed E-state index contributed by atoms with van der Waals surface area (Å²) >= 11 is 6.34. The Morgan fingerprint density at radius 2 is 1.87 bits per heavy atom. The van der Waals surface area contributed by atoms with E-state index in [9.17, 15) is 14.9 Å². The summed E-state index contributed by atoms with van der Waals surface area (Å²) in [7, 11) is 1.54. The topological polar surface area (TPSA) is 103 Å². The van der Waals surface area contributed by atoms with Gasteiger partial charge in [-0.05, 0) is 48.2 Å². The number of nitrogens with zero attached hydrogens (tertiary/aromatic N) is 3. The van der Waals surface area contributed by atoms with E-state index in [0.717, 1.165) is 16.0 Å². The van der Waals surface area contributed by atoms with Crippen LogP contribution in [0.5, 0.6) is 11.5 Å². The molecule has 0 saturated heterocycles. The Balaban J connectivity index is 1.47. The molecule has 1 aliphatic heterocycles. The molecule has 3 aromatic carbocycles. The van der Waals surface area contributed by atoms with Crippen LogP contribution in [-0.2, 0) is 16.1 Å². The summed E-state index contributed by atoms with van der Waals surface area (Å²) in [4.78, 5) is 33.9. The minimum atomic E-state index is -0.710. The maximum atomic E-state index is 14.2. The number of hydrogen-bond acceptors (Lipinski definition) is 9. The van der Waals surface area contributed by atoms with Crippen molar-refractivity contribution in [1.29, 1.82) is 5.26 Å². The van der Waals surface area contributed by atoms with Crippen molar-refractivity contribution in [3.05, 3.63) is 141 Å². The number of methoxy groups -OCH3 is 1. The Hall–Kier alpha value is -4.76. The maximum absolute atomic E-state index is 14.2. The number of carbonyl (C=O) groups excluding carboxylic acids is 1. The van der Waals surface area contributed by atoms with Gasteiger partial charge in [0.1, 0.15) is 12.6 Å². The Kier molecular flexibility index (Phi) is 9.30. The molecule has 1 aliphatic rings. The molecule has 3 heterocycles. The molecular weight excluding hydrogens is 686 g/mol. The summed E-state index contributed by atoms with van der Waals surface area (Å²) in [6.45, 7) is 2.12. The molecule has 0 radical (unpaired) electrons. The van der Waals surface area contributed by atoms with Gasteiger partial charge < -0.3 is 14.2 Å². The summed E-state index contributed by atoms with van der Waals surface area (Å²) in [5.41, 5.74) is 3.25. The second-order valence-electron chi connectivity index (χ2n) is 10.0. The van der Waals surface area contributed by atoms with E-state index in [0.29, 0.717) is 47.7 Å². The molecule has 6 rings (SSSR count). The first-order chi connectivity index (χ1) is 22.4. The van der Waals surface area contributed by atoms with E-state index in [4.69, 9.17) is 19.2 Å². The second kappa shape index (κ2) is 13.7. The Morgan fingerprint density at radius 1 is 1.09 bits per heavy atom. The zero-order valence-corrected chi connectivity index (χ0v) is 27.9. The number of aromatic nitrogens is 1. The van der Waals surface area contributed by atoms with Crippen LogP contribution in [-0.4, -0.2) is 24.3 Å². The van der Waals surface area contributed by atoms with Crippen LogP contribution in [0.2, 0.25) is 0 Å². The number of benzene rings is 3. The van der Waals surface area contributed by atoms with Gasteiger partial charge in [-0.3, -0.25) is 9.36 Å². The van der Waals surface area contributed by atoms with Crippen molar-refractivity contribution in [3.8, 4) is 17.6 Å². The van der Waals surface area contributed by atoms with Crippen LogP contribution in [0.15, 0.2) is 104 Å². The van der Waals surface area contributed by atoms with Crippen molar-refractivity contribution < 1.29 is 19.0 Å². The molecule has 0 saturated carbocycles. The monoisotopic (exact) mass is 711 g/mol. The van der Waals surface area contributed by atoms with Crippen molar-refractivity contribution in [1.82, 2.24) is 4.57 Å². The lowest BCUT2D eigenvalue weighted by Gasteiger charge is -2.24. The zero-order chi connectivity index (χ0) is 32.2. The van der Waals surface area contributed by atoms with Crippen molar-refractivity contribution in [2.45, 2.75) is 19.6 Å². The van der Waals surface area contributed by atoms with Crippen LogP contribution >= 0.6 is 38.6 Å². The van der Waals surface area contributed by atoms with Gasteiger partial charge in [0.15, 0.2) is 16.3 Å². The quantitative estimate of drug-likeness (QED) is 0.168. The molecule has 0 amide bonds. The molecule has 0 bridgehead atoms. The number of ether oxygens (including phenoxy) is 3. The van der Waals surface area contributed by atoms with E-state index in [1.165, 1.54) is 22.7 Å². The number of fused-ring (bicyclic) bond motifs is 1. The minimum absolute atomic E-state index is 0.180. The smallest absolute Gasteiger partial charge is 0.338 e. The number of esters is 1. The SMILES string of the molecule is CCOC(=O)C1=C(c2ccccc2)N=c2s/c(=C\c3cc(OC)c(OCc4ccccc4C#N)cc3Br)c(=O)n2C1c1cccs1. The van der Waals surface area contributed by atoms with Crippen LogP contribution in [0.1, 0.15) is 40.1 Å². The van der Waals surface area contributed by atoms with E-state index < -0.39 is 12.0 Å². The van der Waals surface area contributed by atoms with Crippen molar-refractivity contribution in [3.63, 3.8) is 0 Å². The highest BCUT2D eigenvalue weighted by molar-refractivity contribution is 9.10. The largest absolute Gasteiger partial charge is 0.493 e. The standard InChI is InChI=1S/C35H26BrN3O5S2/c1-3-43-34(41)30-31(21-10-5-4-6-11-21)38-35-39(32(30)28-14-9-15-45-28)33(40)29(46-35)17-24-16-26(42-2)27(18-25(24)36)44-20-23-13-8-7-12-22(23)19-37/h4-18,32H,3,20H2,1-2H3/b29-17-. The molecule has 0 fully saturated rings. The predicted octanol–water partition coefficient (Wildman–Crippen LogP) is 6.22. The van der Waals surface area contributed by atoms with Gasteiger partial charge in [0.2, 0.25) is 0 Å². The predicted molar refractivity (Wildman–Crippen MR) is 182 cm³/mol. The Labute approximate surface area is 280 Å². The van der Waals surface area contributed by atoms with Crippen LogP contribution in [0.25, 0.3) is 11.8 Å². The lowest BCUT2D eigenvalue weighted by Crippen LogP contribution is -2.39. The lowest BCUT2D eigenvalue weighted by atomic mass is 9.97. The van der Waals surface area contributed by atoms with Gasteiger partial charge >= 0.3 is 5.97 Å². The van der Waals surface area contributed by atoms with Gasteiger partial charge in [0.25, 0.3) is 5.56 Å². The highest BCUT2D eigenvalue weighted by atomic mass is 79.9. The summed E-state index contributed by atoms with van der Waals surface area (Å²) in [5, 5.41) is 11.3. The minimum Gasteiger partial charge on any atom is -0.493 e. The maximum Gasteiger partial charge on any atom is 0.338 e. The number of rotatable bonds is 9. The molecule has 0 aliphatic carbocycles. The number of halogens is 1. The molecule has 1 unspecified atom stereocenters. The van der Waals surface area contributed by atoms with Gasteiger partial charge in [0.05, 0.1) is 41.2 Å². The summed E-state index contributed by atoms with van der Waals surface area (Å²) in [6, 6.07) is 25.5. The van der Waals surface area contributed by atoms with E-state index in [1.807, 2.05) is 60.0 Å². The van der Waals surface area contributed by atoms with Crippen molar-refractivity contribution >= 4 is 56.3 Å². The highest BCUT2D eigenvalue weighted by Gasteiger charge is 2.35. The Bertz CT molecular complexity index is 2180. The van der Waals surface area contributed by atoms with Crippen molar-refractivity contribution in [2.24, 2.45) is 4.99 Å². The molecule has 8 nitrogen and oxygen atoms in total. The van der Waals surface area contributed by atoms with E-state index in [-0.39, 0.29) is 18.8 Å². The van der Waals surface area contributed by atoms with Gasteiger partial charge in [-0.2, -0.15) is 5.26 Å². The van der Waals surface area contributed by atoms with Crippen LogP contribution < -0.4 is 24.4 Å². The van der Waals surface area contributed by atoms with Gasteiger partial charge in [-0.15, -0.1) is 11.3 Å². The number of thiophene rings is 1. The molecule has 2 aromatic heterocycles. The zero-order valence-electron chi connectivity index (χ0n) is 24.7. The normalized spacial score (nSPS) is 14.3. The number of thiazole rings is 1. The molecule has 1 atom stereocenters. The molecule has 230 valence electrons. The molecule has 0 spiro atoms. The summed E-state index contributed by atoms with van der Waals surface area (Å²) < 4.78 is 19.9. The fourth-order valence-electron chi connectivity index (χ4n) is 5.14. The fraction of sp³-hybridized carbons (Fsp3) is 0.143. The van der Waals surface area contributed by atoms with Gasteiger partial charge in [-0.25, -0.2) is 9.79 Å². The third kappa shape index (κ3) is 6.07. The van der Waals surface area contributed by atoms with E-state index in [2.05, 4.69) is 22.0 Å². The van der Waals surface area contributed by atoms with Crippen LogP contribution in [0.3, 0.4) is 0 Å². The van der Waals surface area contributed by atoms with E-state index >= 15 is 0 Å². The number of carbonyl (C=O) groups is 1. The van der Waals surface area contributed by atoms with Gasteiger partial charge in [-0.1, -0.05) is 81.9 Å². The first-order valence-corrected chi connectivity index (χ1v) is 16.7. The molecule has 46 heavy (non-hydrogen) atoms. The summed E-state index contributed by atoms with van der Waals surface area (Å²) in [6.07, 6.45) is 1.77. The lowest BCUT2D eigenvalue weighted by molar-refractivity contribution is -0.138. The van der Waals surface area contributed by atoms with Crippen molar-refractivity contribution in [2.75, 3.05) is 13.7 Å². The highest BCUT2D eigenvalue weighted by Crippen LogP contribution is 2.37. The molecule has 11 heteroatoms. The fourth-order valence-corrected chi connectivity index (χ4v) is 7.39. The average molecular weight is 713 g/mol. The van der Waals surface area contributed by atoms with Crippen LogP contribution in [0, 0.1) is 11.3 Å². The number of nitriles is 1. The first kappa shape index (κ1) is 31.2. The Morgan fingerprint density at radius 3 is 2.59 bits per heavy atom. The van der Waals surface area contributed by atoms with E-state index in [1.54, 1.807) is 48.9 Å². The average Bonchev–Trinajstić information content (AvgIpc) is 3.72. The first-order valence-electron chi connectivity index (χ1n) is 14.2. The van der Waals surface area contributed by atoms with Gasteiger partial charge in [0, 0.05) is 20.5 Å². The second-order valence-corrected chi connectivity index (χ2v) is 12.9.